The van der Waals surface area contributed by atoms with Gasteiger partial charge in [0.15, 0.2) is 5.70 Å². The molecule has 0 unspecified atom stereocenters. The number of carbonyl (C=O) groups excluding carboxylic acids is 1. The van der Waals surface area contributed by atoms with Crippen molar-refractivity contribution in [3.63, 3.8) is 0 Å². The van der Waals surface area contributed by atoms with Crippen molar-refractivity contribution in [1.82, 2.24) is 0 Å². The summed E-state index contributed by atoms with van der Waals surface area (Å²) in [5, 5.41) is 2.02. The lowest BCUT2D eigenvalue weighted by atomic mass is 10.0. The topological polar surface area (TPSA) is 57.1 Å². The molecule has 0 bridgehead atoms. The van der Waals surface area contributed by atoms with E-state index in [4.69, 9.17) is 14.2 Å². The molecular weight excluding hydrogens is 422 g/mol. The molecule has 0 atom stereocenters. The van der Waals surface area contributed by atoms with E-state index in [1.165, 1.54) is 0 Å². The Morgan fingerprint density at radius 2 is 1.75 bits per heavy atom. The highest BCUT2D eigenvalue weighted by Crippen LogP contribution is 2.32. The maximum Gasteiger partial charge on any atom is 0.363 e. The Bertz CT molecular complexity index is 1150. The predicted molar refractivity (Wildman–Crippen MR) is 112 cm³/mol. The Morgan fingerprint density at radius 1 is 1.00 bits per heavy atom. The van der Waals surface area contributed by atoms with Crippen LogP contribution in [0.2, 0.25) is 0 Å². The second-order valence-corrected chi connectivity index (χ2v) is 6.94. The van der Waals surface area contributed by atoms with Crippen LogP contribution < -0.4 is 9.47 Å². The van der Waals surface area contributed by atoms with Gasteiger partial charge in [0.2, 0.25) is 5.90 Å². The number of hydrogen-bond acceptors (Lipinski definition) is 5. The zero-order valence-electron chi connectivity index (χ0n) is 15.2. The van der Waals surface area contributed by atoms with Gasteiger partial charge in [0.1, 0.15) is 11.5 Å². The van der Waals surface area contributed by atoms with Crippen LogP contribution in [0.1, 0.15) is 11.1 Å². The number of cyclic esters (lactones) is 1. The molecule has 0 amide bonds. The highest BCUT2D eigenvalue weighted by molar-refractivity contribution is 9.10. The average molecular weight is 438 g/mol. The van der Waals surface area contributed by atoms with Gasteiger partial charge in [0.25, 0.3) is 0 Å². The van der Waals surface area contributed by atoms with Gasteiger partial charge in [0.05, 0.1) is 18.7 Å². The molecule has 3 aromatic rings. The van der Waals surface area contributed by atoms with Crippen molar-refractivity contribution in [2.75, 3.05) is 14.2 Å². The number of hydrogen-bond donors (Lipinski definition) is 0. The molecular formula is C22H16BrNO4. The zero-order valence-corrected chi connectivity index (χ0v) is 16.8. The van der Waals surface area contributed by atoms with Gasteiger partial charge in [0, 0.05) is 11.1 Å². The minimum Gasteiger partial charge on any atom is -0.496 e. The molecule has 140 valence electrons. The van der Waals surface area contributed by atoms with Crippen LogP contribution in [0.5, 0.6) is 11.5 Å². The first-order valence-corrected chi connectivity index (χ1v) is 9.32. The van der Waals surface area contributed by atoms with Gasteiger partial charge in [-0.05, 0) is 57.0 Å². The van der Waals surface area contributed by atoms with Gasteiger partial charge >= 0.3 is 5.97 Å². The van der Waals surface area contributed by atoms with E-state index in [1.54, 1.807) is 38.5 Å². The number of esters is 1. The van der Waals surface area contributed by atoms with Crippen molar-refractivity contribution >= 4 is 44.6 Å². The molecule has 0 aliphatic carbocycles. The third-order valence-corrected chi connectivity index (χ3v) is 5.07. The third kappa shape index (κ3) is 3.27. The van der Waals surface area contributed by atoms with E-state index in [0.717, 1.165) is 20.8 Å². The number of rotatable bonds is 4. The number of halogens is 1. The maximum absolute atomic E-state index is 12.4. The summed E-state index contributed by atoms with van der Waals surface area (Å²) in [6, 6.07) is 17.1. The van der Waals surface area contributed by atoms with Crippen LogP contribution in [-0.4, -0.2) is 26.1 Å². The fraction of sp³-hybridized carbons (Fsp3) is 0.0909. The van der Waals surface area contributed by atoms with Crippen molar-refractivity contribution in [2.45, 2.75) is 0 Å². The molecule has 0 N–H and O–H groups in total. The Kier molecular flexibility index (Phi) is 4.88. The lowest BCUT2D eigenvalue weighted by molar-refractivity contribution is -0.129. The quantitative estimate of drug-likeness (QED) is 0.427. The van der Waals surface area contributed by atoms with E-state index >= 15 is 0 Å². The van der Waals surface area contributed by atoms with E-state index in [0.29, 0.717) is 17.1 Å². The summed E-state index contributed by atoms with van der Waals surface area (Å²) >= 11 is 3.43. The summed E-state index contributed by atoms with van der Waals surface area (Å²) < 4.78 is 16.9. The predicted octanol–water partition coefficient (Wildman–Crippen LogP) is 4.96. The van der Waals surface area contributed by atoms with Crippen molar-refractivity contribution in [3.8, 4) is 11.5 Å². The summed E-state index contributed by atoms with van der Waals surface area (Å²) in [5.74, 6) is 1.09. The standard InChI is InChI=1S/C22H16BrNO4/c1-26-19-9-7-13-5-3-4-6-15(13)16(19)12-18-22(25)28-21(24-18)14-8-10-20(27-2)17(23)11-14/h3-12H,1-2H3. The lowest BCUT2D eigenvalue weighted by Crippen LogP contribution is -2.05. The van der Waals surface area contributed by atoms with E-state index in [1.807, 2.05) is 36.4 Å². The Labute approximate surface area is 170 Å². The highest BCUT2D eigenvalue weighted by atomic mass is 79.9. The number of aliphatic imine (C=N–C) groups is 1. The summed E-state index contributed by atoms with van der Waals surface area (Å²) in [4.78, 5) is 16.8. The van der Waals surface area contributed by atoms with E-state index in [2.05, 4.69) is 20.9 Å². The van der Waals surface area contributed by atoms with Crippen LogP contribution in [0, 0.1) is 0 Å². The summed E-state index contributed by atoms with van der Waals surface area (Å²) in [6.07, 6.45) is 1.70. The number of methoxy groups -OCH3 is 2. The van der Waals surface area contributed by atoms with Crippen molar-refractivity contribution in [1.29, 1.82) is 0 Å². The second kappa shape index (κ2) is 7.48. The van der Waals surface area contributed by atoms with E-state index in [-0.39, 0.29) is 11.6 Å². The van der Waals surface area contributed by atoms with Gasteiger partial charge in [-0.3, -0.25) is 0 Å². The fourth-order valence-corrected chi connectivity index (χ4v) is 3.61. The summed E-state index contributed by atoms with van der Waals surface area (Å²) in [6.45, 7) is 0. The molecule has 28 heavy (non-hydrogen) atoms. The molecule has 0 saturated heterocycles. The van der Waals surface area contributed by atoms with Crippen LogP contribution in [0.25, 0.3) is 16.8 Å². The molecule has 6 heteroatoms. The SMILES string of the molecule is COc1ccc(C2=NC(=Cc3c(OC)ccc4ccccc34)C(=O)O2)cc1Br. The number of benzene rings is 3. The minimum atomic E-state index is -0.503. The van der Waals surface area contributed by atoms with Gasteiger partial charge in [-0.2, -0.15) is 0 Å². The zero-order chi connectivity index (χ0) is 19.7. The fourth-order valence-electron chi connectivity index (χ4n) is 3.07. The largest absolute Gasteiger partial charge is 0.496 e. The highest BCUT2D eigenvalue weighted by Gasteiger charge is 2.25. The number of carbonyl (C=O) groups is 1. The summed E-state index contributed by atoms with van der Waals surface area (Å²) in [7, 11) is 3.19. The first-order valence-electron chi connectivity index (χ1n) is 8.53. The molecule has 1 aliphatic rings. The van der Waals surface area contributed by atoms with E-state index < -0.39 is 5.97 Å². The van der Waals surface area contributed by atoms with Crippen LogP contribution >= 0.6 is 15.9 Å². The monoisotopic (exact) mass is 437 g/mol. The second-order valence-electron chi connectivity index (χ2n) is 6.09. The van der Waals surface area contributed by atoms with Crippen LogP contribution in [0.15, 0.2) is 69.8 Å². The van der Waals surface area contributed by atoms with Gasteiger partial charge in [-0.1, -0.05) is 30.3 Å². The van der Waals surface area contributed by atoms with Gasteiger partial charge in [-0.25, -0.2) is 9.79 Å². The molecule has 4 rings (SSSR count). The molecule has 1 aliphatic heterocycles. The van der Waals surface area contributed by atoms with Gasteiger partial charge < -0.3 is 14.2 Å². The normalized spacial score (nSPS) is 14.9. The number of nitrogens with zero attached hydrogens (tertiary/aromatic N) is 1. The van der Waals surface area contributed by atoms with E-state index in [9.17, 15) is 4.79 Å². The Balaban J connectivity index is 1.80. The average Bonchev–Trinajstić information content (AvgIpc) is 3.08. The van der Waals surface area contributed by atoms with Crippen LogP contribution in [0.4, 0.5) is 0 Å². The van der Waals surface area contributed by atoms with Crippen LogP contribution in [0.3, 0.4) is 0 Å². The Hall–Kier alpha value is -3.12. The molecule has 0 fully saturated rings. The molecule has 3 aromatic carbocycles. The molecule has 0 aromatic heterocycles. The molecule has 0 saturated carbocycles. The first-order chi connectivity index (χ1) is 13.6. The smallest absolute Gasteiger partial charge is 0.363 e. The number of ether oxygens (including phenoxy) is 3. The van der Waals surface area contributed by atoms with Gasteiger partial charge in [-0.15, -0.1) is 0 Å². The molecule has 5 nitrogen and oxygen atoms in total. The Morgan fingerprint density at radius 3 is 2.50 bits per heavy atom. The van der Waals surface area contributed by atoms with Crippen LogP contribution in [-0.2, 0) is 9.53 Å². The number of fused-ring (bicyclic) bond motifs is 1. The first kappa shape index (κ1) is 18.3. The minimum absolute atomic E-state index is 0.219. The van der Waals surface area contributed by atoms with Crippen molar-refractivity contribution in [2.24, 2.45) is 4.99 Å². The van der Waals surface area contributed by atoms with Crippen molar-refractivity contribution in [3.05, 3.63) is 75.9 Å². The molecule has 1 heterocycles. The molecule has 0 spiro atoms. The summed E-state index contributed by atoms with van der Waals surface area (Å²) in [5.41, 5.74) is 1.68. The maximum atomic E-state index is 12.4. The van der Waals surface area contributed by atoms with Crippen molar-refractivity contribution < 1.29 is 19.0 Å². The molecule has 0 radical (unpaired) electrons. The lowest BCUT2D eigenvalue weighted by Gasteiger charge is -2.08. The third-order valence-electron chi connectivity index (χ3n) is 4.45.